The number of hydrogen-bond acceptors (Lipinski definition) is 3. The molecule has 2 N–H and O–H groups in total. The summed E-state index contributed by atoms with van der Waals surface area (Å²) in [4.78, 5) is 4.32. The molecule has 1 aliphatic carbocycles. The van der Waals surface area contributed by atoms with Crippen LogP contribution < -0.4 is 5.73 Å². The molecule has 1 heterocycles. The number of aromatic nitrogens is 1. The van der Waals surface area contributed by atoms with Gasteiger partial charge in [-0.15, -0.1) is 11.3 Å². The third kappa shape index (κ3) is 1.13. The van der Waals surface area contributed by atoms with Crippen molar-refractivity contribution < 1.29 is 0 Å². The van der Waals surface area contributed by atoms with Crippen LogP contribution in [0, 0.1) is 5.41 Å². The van der Waals surface area contributed by atoms with Crippen LogP contribution in [0.15, 0.2) is 9.98 Å². The van der Waals surface area contributed by atoms with Gasteiger partial charge in [0.15, 0.2) is 0 Å². The molecule has 66 valence electrons. The number of halogens is 1. The third-order valence-corrected chi connectivity index (χ3v) is 4.23. The summed E-state index contributed by atoms with van der Waals surface area (Å²) >= 11 is 5.09. The van der Waals surface area contributed by atoms with Gasteiger partial charge in [-0.05, 0) is 21.3 Å². The van der Waals surface area contributed by atoms with Gasteiger partial charge in [0.25, 0.3) is 0 Å². The molecule has 4 heteroatoms. The van der Waals surface area contributed by atoms with Crippen molar-refractivity contribution in [2.75, 3.05) is 0 Å². The second-order valence-electron chi connectivity index (χ2n) is 3.83. The molecule has 2 nitrogen and oxygen atoms in total. The third-order valence-electron chi connectivity index (χ3n) is 2.67. The highest BCUT2D eigenvalue weighted by atomic mass is 79.9. The number of rotatable bonds is 1. The molecule has 0 aromatic carbocycles. The number of hydrogen-bond donors (Lipinski definition) is 1. The van der Waals surface area contributed by atoms with E-state index in [2.05, 4.69) is 34.8 Å². The molecule has 0 amide bonds. The second kappa shape index (κ2) is 2.53. The Morgan fingerprint density at radius 1 is 1.67 bits per heavy atom. The van der Waals surface area contributed by atoms with Gasteiger partial charge in [0, 0.05) is 12.0 Å². The fourth-order valence-electron chi connectivity index (χ4n) is 1.56. The van der Waals surface area contributed by atoms with Crippen LogP contribution in [0.1, 0.15) is 24.8 Å². The van der Waals surface area contributed by atoms with Crippen LogP contribution in [0.25, 0.3) is 0 Å². The number of nitrogens with zero attached hydrogens (tertiary/aromatic N) is 1. The Morgan fingerprint density at radius 2 is 2.25 bits per heavy atom. The van der Waals surface area contributed by atoms with Crippen LogP contribution in [0.3, 0.4) is 0 Å². The van der Waals surface area contributed by atoms with E-state index in [0.717, 1.165) is 3.79 Å². The molecule has 0 unspecified atom stereocenters. The maximum atomic E-state index is 5.94. The van der Waals surface area contributed by atoms with E-state index < -0.39 is 0 Å². The van der Waals surface area contributed by atoms with Gasteiger partial charge in [0.1, 0.15) is 0 Å². The molecule has 0 radical (unpaired) electrons. The lowest BCUT2D eigenvalue weighted by Crippen LogP contribution is -2.06. The summed E-state index contributed by atoms with van der Waals surface area (Å²) in [5, 5.41) is 1.17. The molecule has 1 aromatic rings. The predicted octanol–water partition coefficient (Wildman–Crippen LogP) is 2.36. The van der Waals surface area contributed by atoms with Crippen molar-refractivity contribution in [2.24, 2.45) is 11.1 Å². The van der Waals surface area contributed by atoms with E-state index in [9.17, 15) is 0 Å². The van der Waals surface area contributed by atoms with E-state index in [-0.39, 0.29) is 11.5 Å². The van der Waals surface area contributed by atoms with Gasteiger partial charge in [-0.25, -0.2) is 4.98 Å². The first-order chi connectivity index (χ1) is 5.53. The second-order valence-corrected chi connectivity index (χ2v) is 6.27. The maximum absolute atomic E-state index is 5.94. The summed E-state index contributed by atoms with van der Waals surface area (Å²) in [5.41, 5.74) is 6.18. The molecule has 2 atom stereocenters. The van der Waals surface area contributed by atoms with Gasteiger partial charge in [-0.1, -0.05) is 13.8 Å². The zero-order chi connectivity index (χ0) is 8.93. The first-order valence-corrected chi connectivity index (χ1v) is 5.51. The monoisotopic (exact) mass is 246 g/mol. The van der Waals surface area contributed by atoms with Crippen LogP contribution >= 0.6 is 27.3 Å². The lowest BCUT2D eigenvalue weighted by Gasteiger charge is -1.96. The molecule has 1 aromatic heterocycles. The van der Waals surface area contributed by atoms with Gasteiger partial charge in [0.05, 0.1) is 15.0 Å². The number of thiazole rings is 1. The van der Waals surface area contributed by atoms with E-state index in [1.165, 1.54) is 5.01 Å². The van der Waals surface area contributed by atoms with Gasteiger partial charge >= 0.3 is 0 Å². The fraction of sp³-hybridized carbons (Fsp3) is 0.625. The highest BCUT2D eigenvalue weighted by Gasteiger charge is 2.57. The minimum Gasteiger partial charge on any atom is -0.327 e. The van der Waals surface area contributed by atoms with E-state index >= 15 is 0 Å². The molecule has 0 spiro atoms. The largest absolute Gasteiger partial charge is 0.327 e. The topological polar surface area (TPSA) is 38.9 Å². The van der Waals surface area contributed by atoms with E-state index in [1.807, 2.05) is 6.20 Å². The normalized spacial score (nSPS) is 32.0. The summed E-state index contributed by atoms with van der Waals surface area (Å²) in [6, 6.07) is 0.288. The molecule has 1 saturated carbocycles. The van der Waals surface area contributed by atoms with Crippen molar-refractivity contribution >= 4 is 27.3 Å². The first-order valence-electron chi connectivity index (χ1n) is 3.90. The van der Waals surface area contributed by atoms with E-state index in [4.69, 9.17) is 5.73 Å². The van der Waals surface area contributed by atoms with Gasteiger partial charge < -0.3 is 5.73 Å². The van der Waals surface area contributed by atoms with Gasteiger partial charge in [-0.3, -0.25) is 0 Å². The maximum Gasteiger partial charge on any atom is 0.0989 e. The SMILES string of the molecule is CC1(C)[C@H](N)[C@H]1c1ncc(Br)s1. The van der Waals surface area contributed by atoms with Crippen LogP contribution in [-0.2, 0) is 0 Å². The van der Waals surface area contributed by atoms with Crippen molar-refractivity contribution in [2.45, 2.75) is 25.8 Å². The average molecular weight is 247 g/mol. The molecule has 0 saturated heterocycles. The Labute approximate surface area is 84.3 Å². The zero-order valence-electron chi connectivity index (χ0n) is 7.04. The smallest absolute Gasteiger partial charge is 0.0989 e. The lowest BCUT2D eigenvalue weighted by atomic mass is 10.1. The quantitative estimate of drug-likeness (QED) is 0.827. The highest BCUT2D eigenvalue weighted by Crippen LogP contribution is 2.58. The van der Waals surface area contributed by atoms with Crippen LogP contribution in [0.2, 0.25) is 0 Å². The minimum absolute atomic E-state index is 0.247. The molecule has 1 fully saturated rings. The zero-order valence-corrected chi connectivity index (χ0v) is 9.45. The van der Waals surface area contributed by atoms with Crippen molar-refractivity contribution in [1.29, 1.82) is 0 Å². The minimum atomic E-state index is 0.247. The summed E-state index contributed by atoms with van der Waals surface area (Å²) < 4.78 is 1.09. The Hall–Kier alpha value is 0.0700. The van der Waals surface area contributed by atoms with Gasteiger partial charge in [-0.2, -0.15) is 0 Å². The van der Waals surface area contributed by atoms with Crippen molar-refractivity contribution in [3.63, 3.8) is 0 Å². The molecular weight excluding hydrogens is 236 g/mol. The molecule has 1 aliphatic rings. The molecule has 12 heavy (non-hydrogen) atoms. The lowest BCUT2D eigenvalue weighted by molar-refractivity contribution is 0.598. The molecule has 2 rings (SSSR count). The Balaban J connectivity index is 2.24. The van der Waals surface area contributed by atoms with Crippen molar-refractivity contribution in [1.82, 2.24) is 4.98 Å². The summed E-state index contributed by atoms with van der Waals surface area (Å²) in [5.74, 6) is 0.466. The Bertz CT molecular complexity index is 308. The van der Waals surface area contributed by atoms with E-state index in [0.29, 0.717) is 5.92 Å². The molecular formula is C8H11BrN2S. The van der Waals surface area contributed by atoms with Crippen LogP contribution in [-0.4, -0.2) is 11.0 Å². The molecule has 0 aliphatic heterocycles. The fourth-order valence-corrected chi connectivity index (χ4v) is 3.15. The highest BCUT2D eigenvalue weighted by molar-refractivity contribution is 9.11. The first kappa shape index (κ1) is 8.66. The standard InChI is InChI=1S/C8H11BrN2S/c1-8(2)5(6(8)10)7-11-3-4(9)12-7/h3,5-6H,10H2,1-2H3/t5-,6+/m0/s1. The number of nitrogens with two attached hydrogens (primary N) is 1. The summed E-state index contributed by atoms with van der Waals surface area (Å²) in [6.45, 7) is 4.38. The van der Waals surface area contributed by atoms with Crippen LogP contribution in [0.4, 0.5) is 0 Å². The van der Waals surface area contributed by atoms with Crippen molar-refractivity contribution in [3.05, 3.63) is 15.0 Å². The average Bonchev–Trinajstić information content (AvgIpc) is 2.38. The summed E-state index contributed by atoms with van der Waals surface area (Å²) in [6.07, 6.45) is 1.85. The Kier molecular flexibility index (Phi) is 1.82. The molecule has 0 bridgehead atoms. The van der Waals surface area contributed by atoms with Crippen molar-refractivity contribution in [3.8, 4) is 0 Å². The van der Waals surface area contributed by atoms with Crippen LogP contribution in [0.5, 0.6) is 0 Å². The van der Waals surface area contributed by atoms with Gasteiger partial charge in [0.2, 0.25) is 0 Å². The van der Waals surface area contributed by atoms with E-state index in [1.54, 1.807) is 11.3 Å². The predicted molar refractivity (Wildman–Crippen MR) is 54.3 cm³/mol. The summed E-state index contributed by atoms with van der Waals surface area (Å²) in [7, 11) is 0. The Morgan fingerprint density at radius 3 is 2.58 bits per heavy atom.